The van der Waals surface area contributed by atoms with Crippen LogP contribution in [0.25, 0.3) is 5.76 Å². The average molecular weight is 414 g/mol. The van der Waals surface area contributed by atoms with Crippen molar-refractivity contribution >= 4 is 28.8 Å². The molecule has 3 aromatic rings. The smallest absolute Gasteiger partial charge is 0.300 e. The van der Waals surface area contributed by atoms with Crippen LogP contribution in [0.5, 0.6) is 0 Å². The summed E-state index contributed by atoms with van der Waals surface area (Å²) in [5, 5.41) is 22.3. The van der Waals surface area contributed by atoms with Crippen LogP contribution in [-0.2, 0) is 9.59 Å². The first-order valence-electron chi connectivity index (χ1n) is 9.56. The molecule has 1 heterocycles. The lowest BCUT2D eigenvalue weighted by Crippen LogP contribution is -2.30. The first kappa shape index (κ1) is 20.0. The lowest BCUT2D eigenvalue weighted by Gasteiger charge is -2.26. The van der Waals surface area contributed by atoms with E-state index in [-0.39, 0.29) is 17.0 Å². The Morgan fingerprint density at radius 3 is 2.32 bits per heavy atom. The maximum absolute atomic E-state index is 13.1. The highest BCUT2D eigenvalue weighted by atomic mass is 16.6. The number of hydrogen-bond donors (Lipinski definition) is 1. The van der Waals surface area contributed by atoms with Crippen LogP contribution >= 0.6 is 0 Å². The first-order chi connectivity index (χ1) is 14.9. The molecule has 0 spiro atoms. The van der Waals surface area contributed by atoms with Gasteiger partial charge >= 0.3 is 0 Å². The number of anilines is 1. The van der Waals surface area contributed by atoms with E-state index in [1.165, 1.54) is 23.1 Å². The van der Waals surface area contributed by atoms with Gasteiger partial charge in [0, 0.05) is 23.4 Å². The van der Waals surface area contributed by atoms with E-state index in [0.717, 1.165) is 5.56 Å². The van der Waals surface area contributed by atoms with Gasteiger partial charge in [0.25, 0.3) is 17.4 Å². The summed E-state index contributed by atoms with van der Waals surface area (Å²) in [5.41, 5.74) is 1.69. The van der Waals surface area contributed by atoms with Crippen LogP contribution in [0.4, 0.5) is 11.4 Å². The monoisotopic (exact) mass is 414 g/mol. The molecule has 1 saturated heterocycles. The number of carbonyl (C=O) groups is 2. The predicted octanol–water partition coefficient (Wildman–Crippen LogP) is 4.53. The number of aliphatic hydroxyl groups is 1. The van der Waals surface area contributed by atoms with Gasteiger partial charge in [0.1, 0.15) is 5.76 Å². The molecule has 4 rings (SSSR count). The number of rotatable bonds is 4. The van der Waals surface area contributed by atoms with E-state index in [9.17, 15) is 24.8 Å². The van der Waals surface area contributed by atoms with Gasteiger partial charge in [-0.15, -0.1) is 0 Å². The highest BCUT2D eigenvalue weighted by Gasteiger charge is 2.47. The number of non-ortho nitro benzene ring substituents is 1. The van der Waals surface area contributed by atoms with Crippen LogP contribution in [0.3, 0.4) is 0 Å². The number of nitro benzene ring substituents is 1. The van der Waals surface area contributed by atoms with Gasteiger partial charge in [-0.2, -0.15) is 0 Å². The van der Waals surface area contributed by atoms with Crippen molar-refractivity contribution in [2.45, 2.75) is 13.0 Å². The standard InChI is InChI=1S/C24H18N2O5/c1-15-8-5-6-13-19(15)25-21(17-11-7-12-18(14-17)26(30)31)20(23(28)24(25)29)22(27)16-9-3-2-4-10-16/h2-14,21,27H,1H3/b22-20+. The third-order valence-corrected chi connectivity index (χ3v) is 5.26. The zero-order chi connectivity index (χ0) is 22.1. The molecule has 1 unspecified atom stereocenters. The number of aryl methyl sites for hydroxylation is 1. The van der Waals surface area contributed by atoms with Crippen LogP contribution in [0, 0.1) is 17.0 Å². The van der Waals surface area contributed by atoms with Crippen LogP contribution in [0.1, 0.15) is 22.7 Å². The number of ketones is 1. The minimum absolute atomic E-state index is 0.111. The molecule has 0 aliphatic carbocycles. The maximum Gasteiger partial charge on any atom is 0.300 e. The van der Waals surface area contributed by atoms with Crippen molar-refractivity contribution in [1.82, 2.24) is 0 Å². The second-order valence-electron chi connectivity index (χ2n) is 7.17. The van der Waals surface area contributed by atoms with Gasteiger partial charge in [-0.25, -0.2) is 0 Å². The summed E-state index contributed by atoms with van der Waals surface area (Å²) in [6.45, 7) is 1.80. The number of Topliss-reactive ketones (excluding diaryl/α,β-unsaturated/α-hetero) is 1. The quantitative estimate of drug-likeness (QED) is 0.222. The summed E-state index contributed by atoms with van der Waals surface area (Å²) >= 11 is 0. The molecule has 1 N–H and O–H groups in total. The van der Waals surface area contributed by atoms with E-state index >= 15 is 0 Å². The minimum Gasteiger partial charge on any atom is -0.507 e. The Hall–Kier alpha value is -4.26. The second kappa shape index (κ2) is 7.87. The Bertz CT molecular complexity index is 1230. The molecular formula is C24H18N2O5. The topological polar surface area (TPSA) is 101 Å². The lowest BCUT2D eigenvalue weighted by molar-refractivity contribution is -0.384. The molecule has 0 aromatic heterocycles. The van der Waals surface area contributed by atoms with E-state index in [1.807, 2.05) is 6.07 Å². The summed E-state index contributed by atoms with van der Waals surface area (Å²) in [4.78, 5) is 38.3. The SMILES string of the molecule is Cc1ccccc1N1C(=O)C(=O)/C(=C(/O)c2ccccc2)C1c1cccc([N+](=O)[O-])c1. The Labute approximate surface area is 178 Å². The van der Waals surface area contributed by atoms with Gasteiger partial charge in [0.15, 0.2) is 0 Å². The van der Waals surface area contributed by atoms with Crippen LogP contribution in [0.2, 0.25) is 0 Å². The largest absolute Gasteiger partial charge is 0.507 e. The fourth-order valence-electron chi connectivity index (χ4n) is 3.79. The van der Waals surface area contributed by atoms with Crippen molar-refractivity contribution in [3.05, 3.63) is 111 Å². The molecule has 31 heavy (non-hydrogen) atoms. The van der Waals surface area contributed by atoms with Crippen molar-refractivity contribution in [3.8, 4) is 0 Å². The number of benzene rings is 3. The molecule has 0 saturated carbocycles. The molecule has 1 atom stereocenters. The fourth-order valence-corrected chi connectivity index (χ4v) is 3.79. The molecule has 1 aliphatic heterocycles. The zero-order valence-electron chi connectivity index (χ0n) is 16.6. The zero-order valence-corrected chi connectivity index (χ0v) is 16.6. The molecule has 7 heteroatoms. The number of carbonyl (C=O) groups excluding carboxylic acids is 2. The average Bonchev–Trinajstić information content (AvgIpc) is 3.05. The van der Waals surface area contributed by atoms with Crippen LogP contribution in [-0.4, -0.2) is 21.7 Å². The lowest BCUT2D eigenvalue weighted by atomic mass is 9.94. The highest BCUT2D eigenvalue weighted by Crippen LogP contribution is 2.43. The Morgan fingerprint density at radius 1 is 0.968 bits per heavy atom. The van der Waals surface area contributed by atoms with E-state index in [0.29, 0.717) is 16.8 Å². The predicted molar refractivity (Wildman–Crippen MR) is 116 cm³/mol. The molecule has 1 fully saturated rings. The third kappa shape index (κ3) is 3.46. The van der Waals surface area contributed by atoms with E-state index in [1.54, 1.807) is 61.5 Å². The molecule has 154 valence electrons. The fraction of sp³-hybridized carbons (Fsp3) is 0.0833. The van der Waals surface area contributed by atoms with Crippen molar-refractivity contribution in [2.24, 2.45) is 0 Å². The molecule has 7 nitrogen and oxygen atoms in total. The molecule has 0 bridgehead atoms. The van der Waals surface area contributed by atoms with Crippen LogP contribution < -0.4 is 4.90 Å². The van der Waals surface area contributed by atoms with E-state index in [2.05, 4.69) is 0 Å². The van der Waals surface area contributed by atoms with Gasteiger partial charge in [0.2, 0.25) is 0 Å². The van der Waals surface area contributed by atoms with Gasteiger partial charge in [-0.1, -0.05) is 60.7 Å². The Morgan fingerprint density at radius 2 is 1.65 bits per heavy atom. The second-order valence-corrected chi connectivity index (χ2v) is 7.17. The maximum atomic E-state index is 13.1. The molecule has 1 amide bonds. The molecule has 3 aromatic carbocycles. The Balaban J connectivity index is 2.00. The number of nitro groups is 1. The number of para-hydroxylation sites is 1. The van der Waals surface area contributed by atoms with Crippen LogP contribution in [0.15, 0.2) is 84.4 Å². The number of aliphatic hydroxyl groups excluding tert-OH is 1. The molecule has 0 radical (unpaired) electrons. The van der Waals surface area contributed by atoms with E-state index in [4.69, 9.17) is 0 Å². The van der Waals surface area contributed by atoms with Gasteiger partial charge in [0.05, 0.1) is 16.5 Å². The third-order valence-electron chi connectivity index (χ3n) is 5.26. The highest BCUT2D eigenvalue weighted by molar-refractivity contribution is 6.51. The van der Waals surface area contributed by atoms with Gasteiger partial charge in [-0.05, 0) is 24.1 Å². The summed E-state index contributed by atoms with van der Waals surface area (Å²) < 4.78 is 0. The number of amides is 1. The number of nitrogens with zero attached hydrogens (tertiary/aromatic N) is 2. The van der Waals surface area contributed by atoms with E-state index < -0.39 is 22.7 Å². The summed E-state index contributed by atoms with van der Waals surface area (Å²) in [7, 11) is 0. The van der Waals surface area contributed by atoms with Crippen molar-refractivity contribution in [2.75, 3.05) is 4.90 Å². The van der Waals surface area contributed by atoms with Gasteiger partial charge < -0.3 is 5.11 Å². The molecular weight excluding hydrogens is 396 g/mol. The van der Waals surface area contributed by atoms with Crippen molar-refractivity contribution in [3.63, 3.8) is 0 Å². The summed E-state index contributed by atoms with van der Waals surface area (Å²) in [5.74, 6) is -1.98. The molecule has 1 aliphatic rings. The van der Waals surface area contributed by atoms with Crippen molar-refractivity contribution < 1.29 is 19.6 Å². The summed E-state index contributed by atoms with van der Waals surface area (Å²) in [6.07, 6.45) is 0. The minimum atomic E-state index is -1.01. The van der Waals surface area contributed by atoms with Crippen molar-refractivity contribution in [1.29, 1.82) is 0 Å². The normalized spacial score (nSPS) is 17.7. The number of hydrogen-bond acceptors (Lipinski definition) is 5. The Kier molecular flexibility index (Phi) is 5.09. The van der Waals surface area contributed by atoms with Gasteiger partial charge in [-0.3, -0.25) is 24.6 Å². The summed E-state index contributed by atoms with van der Waals surface area (Å²) in [6, 6.07) is 20.2. The first-order valence-corrected chi connectivity index (χ1v) is 9.56.